The minimum atomic E-state index is -4.51. The minimum Gasteiger partial charge on any atom is -0.497 e. The molecule has 7 heteroatoms. The SMILES string of the molecule is COc1ccc(-c2cc(C(F)(F)F)nc(Br)n2)cc1. The molecule has 1 aromatic carbocycles. The van der Waals surface area contributed by atoms with Gasteiger partial charge in [-0.25, -0.2) is 9.97 Å². The van der Waals surface area contributed by atoms with Gasteiger partial charge in [-0.05, 0) is 46.3 Å². The monoisotopic (exact) mass is 332 g/mol. The molecule has 0 saturated heterocycles. The molecule has 100 valence electrons. The summed E-state index contributed by atoms with van der Waals surface area (Å²) < 4.78 is 42.8. The first-order chi connectivity index (χ1) is 8.90. The van der Waals surface area contributed by atoms with Gasteiger partial charge in [-0.15, -0.1) is 0 Å². The number of alkyl halides is 3. The summed E-state index contributed by atoms with van der Waals surface area (Å²) in [4.78, 5) is 7.26. The van der Waals surface area contributed by atoms with Gasteiger partial charge >= 0.3 is 6.18 Å². The van der Waals surface area contributed by atoms with Crippen molar-refractivity contribution in [3.63, 3.8) is 0 Å². The molecule has 0 N–H and O–H groups in total. The fourth-order valence-corrected chi connectivity index (χ4v) is 1.85. The number of hydrogen-bond acceptors (Lipinski definition) is 3. The van der Waals surface area contributed by atoms with Gasteiger partial charge in [0.25, 0.3) is 0 Å². The van der Waals surface area contributed by atoms with E-state index in [1.165, 1.54) is 7.11 Å². The molecule has 2 aromatic rings. The second kappa shape index (κ2) is 5.16. The quantitative estimate of drug-likeness (QED) is 0.781. The van der Waals surface area contributed by atoms with E-state index in [2.05, 4.69) is 25.9 Å². The Morgan fingerprint density at radius 3 is 2.26 bits per heavy atom. The molecule has 19 heavy (non-hydrogen) atoms. The minimum absolute atomic E-state index is 0.104. The molecule has 0 bridgehead atoms. The summed E-state index contributed by atoms with van der Waals surface area (Å²) in [5.74, 6) is 0.618. The van der Waals surface area contributed by atoms with Crippen LogP contribution >= 0.6 is 15.9 Å². The van der Waals surface area contributed by atoms with Crippen LogP contribution in [0.2, 0.25) is 0 Å². The molecular weight excluding hydrogens is 325 g/mol. The van der Waals surface area contributed by atoms with Gasteiger partial charge in [0.1, 0.15) is 11.4 Å². The van der Waals surface area contributed by atoms with Gasteiger partial charge in [-0.2, -0.15) is 13.2 Å². The fourth-order valence-electron chi connectivity index (χ4n) is 1.47. The van der Waals surface area contributed by atoms with E-state index in [4.69, 9.17) is 4.74 Å². The Morgan fingerprint density at radius 2 is 1.74 bits per heavy atom. The van der Waals surface area contributed by atoms with E-state index in [0.717, 1.165) is 6.07 Å². The highest BCUT2D eigenvalue weighted by Gasteiger charge is 2.33. The summed E-state index contributed by atoms with van der Waals surface area (Å²) in [6, 6.07) is 7.48. The van der Waals surface area contributed by atoms with Crippen molar-refractivity contribution in [3.8, 4) is 17.0 Å². The predicted octanol–water partition coefficient (Wildman–Crippen LogP) is 3.93. The van der Waals surface area contributed by atoms with Crippen LogP contribution in [0.4, 0.5) is 13.2 Å². The Balaban J connectivity index is 2.46. The van der Waals surface area contributed by atoms with Crippen molar-refractivity contribution in [2.45, 2.75) is 6.18 Å². The highest BCUT2D eigenvalue weighted by Crippen LogP contribution is 2.31. The van der Waals surface area contributed by atoms with Crippen molar-refractivity contribution in [2.75, 3.05) is 7.11 Å². The number of aromatic nitrogens is 2. The Kier molecular flexibility index (Phi) is 3.75. The molecule has 1 heterocycles. The maximum Gasteiger partial charge on any atom is 0.433 e. The molecule has 0 saturated carbocycles. The van der Waals surface area contributed by atoms with Crippen molar-refractivity contribution in [3.05, 3.63) is 40.8 Å². The Hall–Kier alpha value is -1.63. The zero-order valence-corrected chi connectivity index (χ0v) is 11.3. The second-order valence-electron chi connectivity index (χ2n) is 3.63. The van der Waals surface area contributed by atoms with Crippen LogP contribution in [0.15, 0.2) is 35.1 Å². The van der Waals surface area contributed by atoms with Gasteiger partial charge in [0.15, 0.2) is 4.73 Å². The lowest BCUT2D eigenvalue weighted by Crippen LogP contribution is -2.09. The van der Waals surface area contributed by atoms with E-state index >= 15 is 0 Å². The van der Waals surface area contributed by atoms with E-state index < -0.39 is 11.9 Å². The van der Waals surface area contributed by atoms with Crippen molar-refractivity contribution in [1.29, 1.82) is 0 Å². The zero-order valence-electron chi connectivity index (χ0n) is 9.70. The summed E-state index contributed by atoms with van der Waals surface area (Å²) in [5, 5.41) is 0. The van der Waals surface area contributed by atoms with Crippen LogP contribution in [0.1, 0.15) is 5.69 Å². The summed E-state index contributed by atoms with van der Waals surface area (Å²) >= 11 is 2.88. The van der Waals surface area contributed by atoms with Gasteiger partial charge in [0.2, 0.25) is 0 Å². The Labute approximate surface area is 115 Å². The van der Waals surface area contributed by atoms with E-state index in [-0.39, 0.29) is 10.4 Å². The first-order valence-corrected chi connectivity index (χ1v) is 5.95. The molecule has 0 radical (unpaired) electrons. The van der Waals surface area contributed by atoms with Crippen molar-refractivity contribution < 1.29 is 17.9 Å². The summed E-state index contributed by atoms with van der Waals surface area (Å²) in [6.07, 6.45) is -4.51. The molecule has 0 spiro atoms. The third kappa shape index (κ3) is 3.23. The van der Waals surface area contributed by atoms with Gasteiger partial charge < -0.3 is 4.74 Å². The lowest BCUT2D eigenvalue weighted by molar-refractivity contribution is -0.141. The number of halogens is 4. The largest absolute Gasteiger partial charge is 0.497 e. The molecule has 0 atom stereocenters. The van der Waals surface area contributed by atoms with Gasteiger partial charge in [-0.3, -0.25) is 0 Å². The highest BCUT2D eigenvalue weighted by atomic mass is 79.9. The maximum absolute atomic E-state index is 12.7. The molecule has 0 aliphatic carbocycles. The third-order valence-electron chi connectivity index (χ3n) is 2.38. The summed E-state index contributed by atoms with van der Waals surface area (Å²) in [5.41, 5.74) is -0.244. The van der Waals surface area contributed by atoms with Crippen LogP contribution in [0.5, 0.6) is 5.75 Å². The Morgan fingerprint density at radius 1 is 1.11 bits per heavy atom. The number of ether oxygens (including phenoxy) is 1. The van der Waals surface area contributed by atoms with Crippen LogP contribution in [0, 0.1) is 0 Å². The van der Waals surface area contributed by atoms with E-state index in [1.807, 2.05) is 0 Å². The normalized spacial score (nSPS) is 11.4. The summed E-state index contributed by atoms with van der Waals surface area (Å²) in [7, 11) is 1.51. The van der Waals surface area contributed by atoms with E-state index in [1.54, 1.807) is 24.3 Å². The highest BCUT2D eigenvalue weighted by molar-refractivity contribution is 9.10. The molecular formula is C12H8BrF3N2O. The zero-order chi connectivity index (χ0) is 14.0. The second-order valence-corrected chi connectivity index (χ2v) is 4.34. The third-order valence-corrected chi connectivity index (χ3v) is 2.73. The van der Waals surface area contributed by atoms with Crippen LogP contribution in [-0.2, 0) is 6.18 Å². The average Bonchev–Trinajstić information content (AvgIpc) is 2.37. The smallest absolute Gasteiger partial charge is 0.433 e. The number of methoxy groups -OCH3 is 1. The topological polar surface area (TPSA) is 35.0 Å². The Bertz CT molecular complexity index is 585. The van der Waals surface area contributed by atoms with Crippen LogP contribution in [0.3, 0.4) is 0 Å². The number of hydrogen-bond donors (Lipinski definition) is 0. The van der Waals surface area contributed by atoms with Crippen LogP contribution in [-0.4, -0.2) is 17.1 Å². The lowest BCUT2D eigenvalue weighted by Gasteiger charge is -2.08. The number of rotatable bonds is 2. The molecule has 0 amide bonds. The molecule has 1 aromatic heterocycles. The molecule has 3 nitrogen and oxygen atoms in total. The van der Waals surface area contributed by atoms with E-state index in [0.29, 0.717) is 11.3 Å². The van der Waals surface area contributed by atoms with Crippen LogP contribution in [0.25, 0.3) is 11.3 Å². The predicted molar refractivity (Wildman–Crippen MR) is 66.7 cm³/mol. The van der Waals surface area contributed by atoms with Gasteiger partial charge in [0.05, 0.1) is 12.8 Å². The van der Waals surface area contributed by atoms with Crippen molar-refractivity contribution in [2.24, 2.45) is 0 Å². The van der Waals surface area contributed by atoms with Gasteiger partial charge in [-0.1, -0.05) is 0 Å². The van der Waals surface area contributed by atoms with Crippen molar-refractivity contribution >= 4 is 15.9 Å². The lowest BCUT2D eigenvalue weighted by atomic mass is 10.1. The molecule has 0 fully saturated rings. The average molecular weight is 333 g/mol. The number of nitrogens with zero attached hydrogens (tertiary/aromatic N) is 2. The first kappa shape index (κ1) is 13.8. The van der Waals surface area contributed by atoms with Gasteiger partial charge in [0, 0.05) is 5.56 Å². The molecule has 2 rings (SSSR count). The summed E-state index contributed by atoms with van der Waals surface area (Å²) in [6.45, 7) is 0. The molecule has 0 aliphatic rings. The standard InChI is InChI=1S/C12H8BrF3N2O/c1-19-8-4-2-7(3-5-8)9-6-10(12(14,15)16)18-11(13)17-9/h2-6H,1H3. The maximum atomic E-state index is 12.7. The molecule has 0 unspecified atom stereocenters. The first-order valence-electron chi connectivity index (χ1n) is 5.16. The van der Waals surface area contributed by atoms with E-state index in [9.17, 15) is 13.2 Å². The van der Waals surface area contributed by atoms with Crippen molar-refractivity contribution in [1.82, 2.24) is 9.97 Å². The number of benzene rings is 1. The molecule has 0 aliphatic heterocycles. The van der Waals surface area contributed by atoms with Crippen LogP contribution < -0.4 is 4.74 Å². The fraction of sp³-hybridized carbons (Fsp3) is 0.167.